The second kappa shape index (κ2) is 6.09. The van der Waals surface area contributed by atoms with Crippen molar-refractivity contribution in [3.8, 4) is 16.9 Å². The summed E-state index contributed by atoms with van der Waals surface area (Å²) < 4.78 is 7.02. The fraction of sp³-hybridized carbons (Fsp3) is 0.250. The Balaban J connectivity index is 2.24. The number of halogens is 1. The molecule has 0 bridgehead atoms. The van der Waals surface area contributed by atoms with Crippen molar-refractivity contribution in [2.45, 2.75) is 20.8 Å². The molecule has 0 fully saturated rings. The maximum absolute atomic E-state index is 11.2. The van der Waals surface area contributed by atoms with E-state index in [1.165, 1.54) is 4.52 Å². The molecule has 0 aliphatic carbocycles. The van der Waals surface area contributed by atoms with Crippen LogP contribution in [0, 0.1) is 13.8 Å². The Bertz CT molecular complexity index is 952. The van der Waals surface area contributed by atoms with Crippen molar-refractivity contribution in [2.24, 2.45) is 0 Å². The molecule has 0 unspecified atom stereocenters. The smallest absolute Gasteiger partial charge is 0.358 e. The van der Waals surface area contributed by atoms with Crippen LogP contribution in [0.4, 0.5) is 0 Å². The first-order chi connectivity index (χ1) is 11.4. The quantitative estimate of drug-likeness (QED) is 0.780. The maximum Gasteiger partial charge on any atom is 0.358 e. The van der Waals surface area contributed by atoms with Crippen molar-refractivity contribution < 1.29 is 14.6 Å². The molecular formula is C16H15ClN4O3. The van der Waals surface area contributed by atoms with Gasteiger partial charge in [-0.25, -0.2) is 9.31 Å². The molecule has 3 aromatic rings. The summed E-state index contributed by atoms with van der Waals surface area (Å²) in [5, 5.41) is 22.0. The number of benzene rings is 1. The number of carboxylic acids is 1. The minimum Gasteiger partial charge on any atom is -0.492 e. The molecule has 8 heteroatoms. The molecule has 1 aromatic carbocycles. The summed E-state index contributed by atoms with van der Waals surface area (Å²) in [6, 6.07) is 5.41. The van der Waals surface area contributed by atoms with E-state index >= 15 is 0 Å². The fourth-order valence-corrected chi connectivity index (χ4v) is 2.74. The number of rotatable bonds is 4. The summed E-state index contributed by atoms with van der Waals surface area (Å²) in [6.07, 6.45) is 0. The predicted octanol–water partition coefficient (Wildman–Crippen LogP) is 3.16. The first kappa shape index (κ1) is 16.2. The lowest BCUT2D eigenvalue weighted by Crippen LogP contribution is -2.10. The van der Waals surface area contributed by atoms with Crippen LogP contribution in [0.2, 0.25) is 5.02 Å². The third kappa shape index (κ3) is 2.56. The normalized spacial score (nSPS) is 11.0. The van der Waals surface area contributed by atoms with Gasteiger partial charge in [0.25, 0.3) is 0 Å². The average molecular weight is 347 g/mol. The monoisotopic (exact) mass is 346 g/mol. The molecule has 24 heavy (non-hydrogen) atoms. The number of nitrogens with zero attached hydrogens (tertiary/aromatic N) is 4. The molecule has 3 rings (SSSR count). The molecule has 2 aromatic heterocycles. The number of hydrogen-bond donors (Lipinski definition) is 1. The van der Waals surface area contributed by atoms with Gasteiger partial charge in [0, 0.05) is 0 Å². The van der Waals surface area contributed by atoms with Crippen LogP contribution in [0.3, 0.4) is 0 Å². The Hall–Kier alpha value is -2.67. The summed E-state index contributed by atoms with van der Waals surface area (Å²) >= 11 is 6.14. The van der Waals surface area contributed by atoms with Gasteiger partial charge < -0.3 is 9.84 Å². The van der Waals surface area contributed by atoms with Crippen LogP contribution in [0.15, 0.2) is 18.2 Å². The lowest BCUT2D eigenvalue weighted by molar-refractivity contribution is 0.0687. The maximum atomic E-state index is 11.2. The highest BCUT2D eigenvalue weighted by Crippen LogP contribution is 2.34. The largest absolute Gasteiger partial charge is 0.492 e. The van der Waals surface area contributed by atoms with E-state index in [9.17, 15) is 4.79 Å². The third-order valence-electron chi connectivity index (χ3n) is 3.66. The topological polar surface area (TPSA) is 89.6 Å². The minimum atomic E-state index is -1.14. The van der Waals surface area contributed by atoms with E-state index in [-0.39, 0.29) is 5.69 Å². The number of carboxylic acid groups (broad SMARTS) is 1. The lowest BCUT2D eigenvalue weighted by Gasteiger charge is -2.08. The van der Waals surface area contributed by atoms with Gasteiger partial charge in [-0.2, -0.15) is 5.10 Å². The Kier molecular flexibility index (Phi) is 4.11. The van der Waals surface area contributed by atoms with Crippen LogP contribution >= 0.6 is 11.6 Å². The van der Waals surface area contributed by atoms with E-state index in [1.807, 2.05) is 26.0 Å². The number of fused-ring (bicyclic) bond motifs is 1. The van der Waals surface area contributed by atoms with Crippen molar-refractivity contribution in [3.63, 3.8) is 0 Å². The van der Waals surface area contributed by atoms with Gasteiger partial charge in [-0.1, -0.05) is 17.7 Å². The van der Waals surface area contributed by atoms with E-state index in [0.29, 0.717) is 34.4 Å². The standard InChI is InChI=1S/C16H15ClN4O3/c1-4-24-12-7-10(5-6-11(12)17)13-8(2)20-21-9(3)14(16(22)23)18-19-15(13)21/h5-7H,4H2,1-3H3,(H,22,23). The molecule has 7 nitrogen and oxygen atoms in total. The highest BCUT2D eigenvalue weighted by Gasteiger charge is 2.20. The van der Waals surface area contributed by atoms with E-state index < -0.39 is 5.97 Å². The number of aromatic carboxylic acids is 1. The molecular weight excluding hydrogens is 332 g/mol. The van der Waals surface area contributed by atoms with E-state index in [0.717, 1.165) is 11.1 Å². The summed E-state index contributed by atoms with van der Waals surface area (Å²) in [4.78, 5) is 11.2. The molecule has 0 spiro atoms. The van der Waals surface area contributed by atoms with E-state index in [1.54, 1.807) is 13.0 Å². The van der Waals surface area contributed by atoms with Crippen molar-refractivity contribution in [3.05, 3.63) is 40.3 Å². The van der Waals surface area contributed by atoms with Gasteiger partial charge in [0.05, 0.1) is 28.6 Å². The van der Waals surface area contributed by atoms with Gasteiger partial charge in [-0.15, -0.1) is 10.2 Å². The van der Waals surface area contributed by atoms with Crippen LogP contribution in [0.1, 0.15) is 28.8 Å². The van der Waals surface area contributed by atoms with Gasteiger partial charge in [-0.05, 0) is 38.5 Å². The third-order valence-corrected chi connectivity index (χ3v) is 3.98. The second-order valence-corrected chi connectivity index (χ2v) is 5.62. The van der Waals surface area contributed by atoms with Crippen LogP contribution in [-0.4, -0.2) is 37.5 Å². The van der Waals surface area contributed by atoms with Gasteiger partial charge in [-0.3, -0.25) is 0 Å². The van der Waals surface area contributed by atoms with Crippen LogP contribution in [0.5, 0.6) is 5.75 Å². The number of aryl methyl sites for hydroxylation is 2. The fourth-order valence-electron chi connectivity index (χ4n) is 2.57. The zero-order valence-corrected chi connectivity index (χ0v) is 14.1. The van der Waals surface area contributed by atoms with E-state index in [4.69, 9.17) is 21.4 Å². The molecule has 1 N–H and O–H groups in total. The SMILES string of the molecule is CCOc1cc(-c2c(C)nn3c(C)c(C(=O)O)nnc23)ccc1Cl. The number of carbonyl (C=O) groups is 1. The summed E-state index contributed by atoms with van der Waals surface area (Å²) in [5.41, 5.74) is 3.08. The Morgan fingerprint density at radius 2 is 2.08 bits per heavy atom. The average Bonchev–Trinajstić information content (AvgIpc) is 2.87. The first-order valence-electron chi connectivity index (χ1n) is 7.32. The van der Waals surface area contributed by atoms with Crippen LogP contribution in [0.25, 0.3) is 16.8 Å². The number of hydrogen-bond acceptors (Lipinski definition) is 5. The summed E-state index contributed by atoms with van der Waals surface area (Å²) in [5.74, 6) is -0.566. The lowest BCUT2D eigenvalue weighted by atomic mass is 10.1. The van der Waals surface area contributed by atoms with Gasteiger partial charge >= 0.3 is 5.97 Å². The zero-order valence-electron chi connectivity index (χ0n) is 13.4. The number of ether oxygens (including phenoxy) is 1. The van der Waals surface area contributed by atoms with Gasteiger partial charge in [0.15, 0.2) is 11.3 Å². The van der Waals surface area contributed by atoms with Gasteiger partial charge in [0.1, 0.15) is 5.75 Å². The molecule has 0 aliphatic rings. The Morgan fingerprint density at radius 1 is 1.33 bits per heavy atom. The number of aromatic nitrogens is 4. The summed E-state index contributed by atoms with van der Waals surface area (Å²) in [7, 11) is 0. The Labute approximate surface area is 142 Å². The Morgan fingerprint density at radius 3 is 2.75 bits per heavy atom. The molecule has 0 aliphatic heterocycles. The highest BCUT2D eigenvalue weighted by atomic mass is 35.5. The van der Waals surface area contributed by atoms with Crippen molar-refractivity contribution >= 4 is 23.2 Å². The molecule has 0 saturated heterocycles. The van der Waals surface area contributed by atoms with Crippen LogP contribution < -0.4 is 4.74 Å². The van der Waals surface area contributed by atoms with Crippen molar-refractivity contribution in [2.75, 3.05) is 6.61 Å². The van der Waals surface area contributed by atoms with Crippen molar-refractivity contribution in [1.29, 1.82) is 0 Å². The molecule has 2 heterocycles. The molecule has 0 saturated carbocycles. The highest BCUT2D eigenvalue weighted by molar-refractivity contribution is 6.32. The second-order valence-electron chi connectivity index (χ2n) is 5.21. The minimum absolute atomic E-state index is 0.123. The molecule has 0 atom stereocenters. The van der Waals surface area contributed by atoms with Crippen LogP contribution in [-0.2, 0) is 0 Å². The van der Waals surface area contributed by atoms with Gasteiger partial charge in [0.2, 0.25) is 0 Å². The van der Waals surface area contributed by atoms with E-state index in [2.05, 4.69) is 15.3 Å². The molecule has 0 radical (unpaired) electrons. The molecule has 0 amide bonds. The van der Waals surface area contributed by atoms with Crippen molar-refractivity contribution in [1.82, 2.24) is 19.8 Å². The predicted molar refractivity (Wildman–Crippen MR) is 88.8 cm³/mol. The molecule has 124 valence electrons. The first-order valence-corrected chi connectivity index (χ1v) is 7.70. The zero-order chi connectivity index (χ0) is 17.4. The summed E-state index contributed by atoms with van der Waals surface area (Å²) in [6.45, 7) is 5.86.